The van der Waals surface area contributed by atoms with E-state index in [9.17, 15) is 9.36 Å². The Morgan fingerprint density at radius 2 is 1.94 bits per heavy atom. The van der Waals surface area contributed by atoms with Crippen molar-refractivity contribution in [3.63, 3.8) is 0 Å². The molecule has 0 saturated heterocycles. The van der Waals surface area contributed by atoms with Gasteiger partial charge in [0.05, 0.1) is 12.3 Å². The fourth-order valence-electron chi connectivity index (χ4n) is 1.53. The van der Waals surface area contributed by atoms with Gasteiger partial charge in [-0.05, 0) is 18.4 Å². The highest BCUT2D eigenvalue weighted by Gasteiger charge is 2.20. The summed E-state index contributed by atoms with van der Waals surface area (Å²) in [4.78, 5) is 28.6. The van der Waals surface area contributed by atoms with E-state index in [1.807, 2.05) is 30.3 Å². The third kappa shape index (κ3) is 5.93. The van der Waals surface area contributed by atoms with Gasteiger partial charge in [-0.3, -0.25) is 14.7 Å². The van der Waals surface area contributed by atoms with E-state index in [2.05, 4.69) is 5.32 Å². The van der Waals surface area contributed by atoms with Crippen LogP contribution in [-0.2, 0) is 15.8 Å². The second-order valence-electron chi connectivity index (χ2n) is 4.01. The predicted octanol–water partition coefficient (Wildman–Crippen LogP) is 0.198. The predicted molar refractivity (Wildman–Crippen MR) is 67.8 cm³/mol. The number of benzene rings is 1. The Kier molecular flexibility index (Phi) is 5.50. The van der Waals surface area contributed by atoms with Crippen LogP contribution < -0.4 is 11.1 Å². The minimum Gasteiger partial charge on any atom is -0.368 e. The molecular weight excluding hydrogens is 255 g/mol. The lowest BCUT2D eigenvalue weighted by Gasteiger charge is -2.15. The molecule has 1 atom stereocenters. The topological polar surface area (TPSA) is 113 Å². The maximum absolute atomic E-state index is 11.1. The highest BCUT2D eigenvalue weighted by Crippen LogP contribution is 2.32. The first-order chi connectivity index (χ1) is 8.38. The first kappa shape index (κ1) is 14.9. The molecule has 7 heteroatoms. The number of primary amides is 1. The van der Waals surface area contributed by atoms with Crippen molar-refractivity contribution in [2.75, 3.05) is 6.29 Å². The van der Waals surface area contributed by atoms with E-state index in [0.717, 1.165) is 5.56 Å². The van der Waals surface area contributed by atoms with Crippen LogP contribution in [0, 0.1) is 0 Å². The molecule has 1 aromatic carbocycles. The Labute approximate surface area is 105 Å². The smallest absolute Gasteiger partial charge is 0.339 e. The summed E-state index contributed by atoms with van der Waals surface area (Å²) in [6.45, 7) is 0. The number of nitrogens with one attached hydrogen (secondary N) is 1. The average molecular weight is 272 g/mol. The molecule has 0 spiro atoms. The molecule has 100 valence electrons. The molecule has 0 aromatic heterocycles. The third-order valence-corrected chi connectivity index (χ3v) is 3.05. The van der Waals surface area contributed by atoms with E-state index in [-0.39, 0.29) is 0 Å². The fraction of sp³-hybridized carbons (Fsp3) is 0.364. The molecule has 0 aliphatic heterocycles. The van der Waals surface area contributed by atoms with E-state index in [0.29, 0.717) is 12.8 Å². The highest BCUT2D eigenvalue weighted by atomic mass is 31.2. The quantitative estimate of drug-likeness (QED) is 0.529. The summed E-state index contributed by atoms with van der Waals surface area (Å²) in [6, 6.07) is 8.76. The molecule has 0 aliphatic rings. The molecule has 0 fully saturated rings. The zero-order chi connectivity index (χ0) is 13.6. The Balaban J connectivity index is 2.49. The van der Waals surface area contributed by atoms with Gasteiger partial charge in [0, 0.05) is 0 Å². The van der Waals surface area contributed by atoms with Crippen molar-refractivity contribution in [2.24, 2.45) is 5.73 Å². The van der Waals surface area contributed by atoms with Gasteiger partial charge < -0.3 is 15.5 Å². The van der Waals surface area contributed by atoms with E-state index < -0.39 is 25.8 Å². The lowest BCUT2D eigenvalue weighted by molar-refractivity contribution is -0.120. The summed E-state index contributed by atoms with van der Waals surface area (Å²) in [5.41, 5.74) is 6.22. The largest absolute Gasteiger partial charge is 0.368 e. The van der Waals surface area contributed by atoms with Gasteiger partial charge in [-0.1, -0.05) is 30.3 Å². The van der Waals surface area contributed by atoms with Crippen LogP contribution in [0.25, 0.3) is 0 Å². The third-order valence-electron chi connectivity index (χ3n) is 2.45. The van der Waals surface area contributed by atoms with Crippen molar-refractivity contribution in [3.8, 4) is 0 Å². The monoisotopic (exact) mass is 272 g/mol. The molecule has 0 heterocycles. The molecule has 0 aliphatic carbocycles. The Hall–Kier alpha value is -1.20. The number of nitrogens with two attached hydrogens (primary N) is 1. The van der Waals surface area contributed by atoms with Crippen LogP contribution >= 0.6 is 7.60 Å². The number of hydrogen-bond acceptors (Lipinski definition) is 3. The van der Waals surface area contributed by atoms with Crippen LogP contribution in [0.5, 0.6) is 0 Å². The number of rotatable bonds is 7. The van der Waals surface area contributed by atoms with Crippen LogP contribution in [0.1, 0.15) is 12.0 Å². The van der Waals surface area contributed by atoms with Crippen LogP contribution in [0.3, 0.4) is 0 Å². The first-order valence-corrected chi connectivity index (χ1v) is 7.29. The molecule has 18 heavy (non-hydrogen) atoms. The summed E-state index contributed by atoms with van der Waals surface area (Å²) in [7, 11) is -4.17. The zero-order valence-electron chi connectivity index (χ0n) is 9.82. The van der Waals surface area contributed by atoms with Gasteiger partial charge in [0.2, 0.25) is 5.91 Å². The van der Waals surface area contributed by atoms with Crippen molar-refractivity contribution in [1.82, 2.24) is 5.32 Å². The molecule has 6 nitrogen and oxygen atoms in total. The molecule has 0 unspecified atom stereocenters. The standard InChI is InChI=1S/C11H17N2O4P/c12-11(14)10(13-8-18(15,16)17)7-6-9-4-2-1-3-5-9/h1-5,10,13H,6-8H2,(H2,12,14)(H2,15,16,17)/t10-/m0/s1. The zero-order valence-corrected chi connectivity index (χ0v) is 10.7. The maximum Gasteiger partial charge on any atom is 0.339 e. The Morgan fingerprint density at radius 1 is 1.33 bits per heavy atom. The summed E-state index contributed by atoms with van der Waals surface area (Å²) < 4.78 is 10.7. The summed E-state index contributed by atoms with van der Waals surface area (Å²) in [6.07, 6.45) is 0.470. The number of amides is 1. The van der Waals surface area contributed by atoms with Gasteiger partial charge in [0.15, 0.2) is 0 Å². The summed E-state index contributed by atoms with van der Waals surface area (Å²) in [5.74, 6) is -0.612. The summed E-state index contributed by atoms with van der Waals surface area (Å²) >= 11 is 0. The lowest BCUT2D eigenvalue weighted by Crippen LogP contribution is -2.41. The van der Waals surface area contributed by atoms with Crippen LogP contribution in [0.15, 0.2) is 30.3 Å². The number of aryl methyl sites for hydroxylation is 1. The van der Waals surface area contributed by atoms with E-state index >= 15 is 0 Å². The minimum atomic E-state index is -4.17. The van der Waals surface area contributed by atoms with Crippen molar-refractivity contribution >= 4 is 13.5 Å². The van der Waals surface area contributed by atoms with Gasteiger partial charge in [-0.25, -0.2) is 0 Å². The second-order valence-corrected chi connectivity index (χ2v) is 5.65. The van der Waals surface area contributed by atoms with Crippen molar-refractivity contribution in [2.45, 2.75) is 18.9 Å². The van der Waals surface area contributed by atoms with Gasteiger partial charge in [-0.15, -0.1) is 0 Å². The Morgan fingerprint density at radius 3 is 2.44 bits per heavy atom. The van der Waals surface area contributed by atoms with Crippen molar-refractivity contribution in [3.05, 3.63) is 35.9 Å². The van der Waals surface area contributed by atoms with Crippen molar-refractivity contribution in [1.29, 1.82) is 0 Å². The molecule has 1 amide bonds. The fourth-order valence-corrected chi connectivity index (χ4v) is 1.99. The van der Waals surface area contributed by atoms with Gasteiger partial charge in [-0.2, -0.15) is 0 Å². The van der Waals surface area contributed by atoms with Crippen LogP contribution in [0.2, 0.25) is 0 Å². The van der Waals surface area contributed by atoms with Gasteiger partial charge in [0.1, 0.15) is 0 Å². The Bertz CT molecular complexity index is 432. The molecule has 1 aromatic rings. The second kappa shape index (κ2) is 6.66. The van der Waals surface area contributed by atoms with Crippen LogP contribution in [-0.4, -0.2) is 28.0 Å². The summed E-state index contributed by atoms with van der Waals surface area (Å²) in [5, 5.41) is 2.49. The first-order valence-electron chi connectivity index (χ1n) is 5.49. The lowest BCUT2D eigenvalue weighted by atomic mass is 10.1. The maximum atomic E-state index is 11.1. The minimum absolute atomic E-state index is 0.402. The molecular formula is C11H17N2O4P. The molecule has 0 bridgehead atoms. The van der Waals surface area contributed by atoms with E-state index in [1.54, 1.807) is 0 Å². The average Bonchev–Trinajstić information content (AvgIpc) is 2.28. The van der Waals surface area contributed by atoms with Gasteiger partial charge >= 0.3 is 7.60 Å². The van der Waals surface area contributed by atoms with Crippen LogP contribution in [0.4, 0.5) is 0 Å². The number of carbonyl (C=O) groups is 1. The van der Waals surface area contributed by atoms with Crippen molar-refractivity contribution < 1.29 is 19.1 Å². The van der Waals surface area contributed by atoms with Gasteiger partial charge in [0.25, 0.3) is 0 Å². The molecule has 1 rings (SSSR count). The highest BCUT2D eigenvalue weighted by molar-refractivity contribution is 7.51. The molecule has 5 N–H and O–H groups in total. The SMILES string of the molecule is NC(=O)[C@H](CCc1ccccc1)NCP(=O)(O)O. The number of hydrogen-bond donors (Lipinski definition) is 4. The molecule has 0 radical (unpaired) electrons. The van der Waals surface area contributed by atoms with E-state index in [4.69, 9.17) is 15.5 Å². The number of carbonyl (C=O) groups excluding carboxylic acids is 1. The van der Waals surface area contributed by atoms with E-state index in [1.165, 1.54) is 0 Å². The molecule has 0 saturated carbocycles. The normalized spacial score (nSPS) is 13.2.